The number of carbonyl (C=O) groups excluding carboxylic acids is 6. The van der Waals surface area contributed by atoms with Gasteiger partial charge in [-0.1, -0.05) is 164 Å². The number of methoxy groups -OCH3 is 2. The summed E-state index contributed by atoms with van der Waals surface area (Å²) in [6, 6.07) is 66.4. The Labute approximate surface area is 777 Å². The van der Waals surface area contributed by atoms with Crippen LogP contribution in [0.3, 0.4) is 0 Å². The molecule has 9 atom stereocenters. The third kappa shape index (κ3) is 22.4. The van der Waals surface area contributed by atoms with Gasteiger partial charge in [0.2, 0.25) is 18.4 Å². The molecule has 8 aromatic carbocycles. The SMILES string of the molecule is [C-]#[N+]CCO[P+](O)(OC[C@H]1O[C@@H](n2ccc(NC(=O)CCCN(C)C(=O)OCC3c4ccccc4-c4ccccc43)nc2=O)C[C@@H]1OP(OCCC#N)N(C(C)C)C(C)C)O[C@H]1C[C@H](n2cnc3c2NC(NC(=O)CCNC(=O)c2ccc(CNC(=O)OCC4c5ccccc5-c5ccccc54)cc2)NC3=O)O[C@@H]1COC(c1ccccc1)(c1ccc(OC)cc1)c1ccc(OC)cc1. The molecule has 2 fully saturated rings. The minimum absolute atomic E-state index is 0.0000157. The van der Waals surface area contributed by atoms with Crippen LogP contribution >= 0.6 is 16.7 Å². The summed E-state index contributed by atoms with van der Waals surface area (Å²) in [5, 5.41) is 26.7. The number of nitrogens with one attached hydrogen (secondary N) is 6. The Morgan fingerprint density at radius 2 is 1.23 bits per heavy atom. The number of carbonyl (C=O) groups is 6. The Bertz CT molecular complexity index is 5800. The van der Waals surface area contributed by atoms with Crippen LogP contribution in [0.4, 0.5) is 21.2 Å². The first kappa shape index (κ1) is 95.7. The molecule has 3 unspecified atom stereocenters. The minimum atomic E-state index is -4.77. The van der Waals surface area contributed by atoms with E-state index in [4.69, 9.17) is 62.3 Å². The number of rotatable bonds is 42. The van der Waals surface area contributed by atoms with Crippen molar-refractivity contribution in [2.24, 2.45) is 0 Å². The molecule has 134 heavy (non-hydrogen) atoms. The van der Waals surface area contributed by atoms with Crippen LogP contribution in [0.15, 0.2) is 224 Å². The number of aromatic nitrogens is 4. The molecule has 36 heteroatoms. The number of anilines is 2. The topological polar surface area (TPSA) is 393 Å². The lowest BCUT2D eigenvalue weighted by molar-refractivity contribution is -0.121. The van der Waals surface area contributed by atoms with Crippen LogP contribution in [0.2, 0.25) is 0 Å². The van der Waals surface area contributed by atoms with Gasteiger partial charge in [0.15, 0.2) is 18.6 Å². The molecule has 15 rings (SSSR count). The van der Waals surface area contributed by atoms with E-state index in [1.165, 1.54) is 28.1 Å². The molecule has 3 aliphatic heterocycles. The largest absolute Gasteiger partial charge is 0.573 e. The van der Waals surface area contributed by atoms with Crippen molar-refractivity contribution < 1.29 is 89.4 Å². The van der Waals surface area contributed by atoms with E-state index in [1.54, 1.807) is 50.1 Å². The summed E-state index contributed by atoms with van der Waals surface area (Å²) in [5.74, 6) is -1.19. The first-order valence-corrected chi connectivity index (χ1v) is 47.0. The van der Waals surface area contributed by atoms with Crippen LogP contribution in [-0.2, 0) is 68.0 Å². The van der Waals surface area contributed by atoms with Gasteiger partial charge in [-0.15, -0.1) is 9.05 Å². The van der Waals surface area contributed by atoms with Crippen molar-refractivity contribution in [2.75, 3.05) is 91.2 Å². The maximum Gasteiger partial charge on any atom is 0.573 e. The van der Waals surface area contributed by atoms with E-state index in [0.29, 0.717) is 39.3 Å². The molecule has 5 heterocycles. The highest BCUT2D eigenvalue weighted by Gasteiger charge is 2.56. The van der Waals surface area contributed by atoms with Crippen LogP contribution in [0.5, 0.6) is 11.5 Å². The molecule has 5 aliphatic rings. The van der Waals surface area contributed by atoms with Crippen LogP contribution < -0.4 is 47.1 Å². The average molecular weight is 1860 g/mol. The highest BCUT2D eigenvalue weighted by molar-refractivity contribution is 7.55. The number of alkyl carbamates (subject to hydrolysis) is 1. The molecule has 698 valence electrons. The molecule has 0 spiro atoms. The fourth-order valence-corrected chi connectivity index (χ4v) is 20.5. The van der Waals surface area contributed by atoms with Gasteiger partial charge in [-0.05, 0) is 143 Å². The second-order valence-corrected chi connectivity index (χ2v) is 36.2. The van der Waals surface area contributed by atoms with Crippen molar-refractivity contribution in [1.29, 1.82) is 5.26 Å². The zero-order chi connectivity index (χ0) is 94.0. The number of imidazole rings is 1. The van der Waals surface area contributed by atoms with E-state index in [-0.39, 0.29) is 132 Å². The summed E-state index contributed by atoms with van der Waals surface area (Å²) < 4.78 is 82.0. The lowest BCUT2D eigenvalue weighted by Gasteiger charge is -2.37. The summed E-state index contributed by atoms with van der Waals surface area (Å²) >= 11 is 0. The second kappa shape index (κ2) is 44.3. The van der Waals surface area contributed by atoms with Gasteiger partial charge < -0.3 is 83.9 Å². The lowest BCUT2D eigenvalue weighted by Crippen LogP contribution is -2.56. The molecular formula is C98H107N14O20P2+. The van der Waals surface area contributed by atoms with E-state index in [0.717, 1.165) is 44.5 Å². The van der Waals surface area contributed by atoms with Gasteiger partial charge in [0.25, 0.3) is 20.3 Å². The molecule has 0 saturated carbocycles. The molecular weight excluding hydrogens is 1760 g/mol. The summed E-state index contributed by atoms with van der Waals surface area (Å²) in [4.78, 5) is 123. The number of nitriles is 1. The highest BCUT2D eigenvalue weighted by Crippen LogP contribution is 2.62. The van der Waals surface area contributed by atoms with Crippen molar-refractivity contribution in [3.63, 3.8) is 0 Å². The normalized spacial score (nSPS) is 18.3. The number of benzene rings is 8. The first-order valence-electron chi connectivity index (χ1n) is 44.3. The van der Waals surface area contributed by atoms with Crippen molar-refractivity contribution >= 4 is 64.1 Å². The Morgan fingerprint density at radius 1 is 0.664 bits per heavy atom. The maximum absolute atomic E-state index is 14.4. The van der Waals surface area contributed by atoms with Gasteiger partial charge >= 0.3 is 26.0 Å². The lowest BCUT2D eigenvalue weighted by atomic mass is 9.80. The smallest absolute Gasteiger partial charge is 0.497 e. The van der Waals surface area contributed by atoms with Gasteiger partial charge in [-0.2, -0.15) is 19.7 Å². The van der Waals surface area contributed by atoms with E-state index < -0.39 is 120 Å². The van der Waals surface area contributed by atoms with Crippen LogP contribution in [0.25, 0.3) is 27.1 Å². The molecule has 2 aliphatic carbocycles. The summed E-state index contributed by atoms with van der Waals surface area (Å²) in [6.07, 6.45) is -6.60. The van der Waals surface area contributed by atoms with Crippen LogP contribution in [-0.4, -0.2) is 193 Å². The van der Waals surface area contributed by atoms with Gasteiger partial charge in [0, 0.05) is 88.0 Å². The molecule has 0 radical (unpaired) electrons. The molecule has 10 aromatic rings. The Balaban J connectivity index is 0.638. The maximum atomic E-state index is 14.4. The number of ether oxygens (including phenoxy) is 7. The predicted octanol–water partition coefficient (Wildman–Crippen LogP) is 14.4. The molecule has 0 bridgehead atoms. The van der Waals surface area contributed by atoms with Crippen molar-refractivity contribution in [3.8, 4) is 39.8 Å². The fourth-order valence-electron chi connectivity index (χ4n) is 17.3. The quantitative estimate of drug-likeness (QED) is 0.00808. The summed E-state index contributed by atoms with van der Waals surface area (Å²) in [6.45, 7) is 14.7. The second-order valence-electron chi connectivity index (χ2n) is 33.1. The third-order valence-corrected chi connectivity index (χ3v) is 27.5. The predicted molar refractivity (Wildman–Crippen MR) is 497 cm³/mol. The molecule has 7 N–H and O–H groups in total. The van der Waals surface area contributed by atoms with Crippen LogP contribution in [0, 0.1) is 17.9 Å². The van der Waals surface area contributed by atoms with E-state index >= 15 is 0 Å². The highest BCUT2D eigenvalue weighted by atomic mass is 31.2. The first-order chi connectivity index (χ1) is 65.0. The Kier molecular flexibility index (Phi) is 31.6. The summed E-state index contributed by atoms with van der Waals surface area (Å²) in [7, 11) is -2.05. The minimum Gasteiger partial charge on any atom is -0.497 e. The van der Waals surface area contributed by atoms with Crippen LogP contribution in [0.1, 0.15) is 156 Å². The average Bonchev–Trinajstić information content (AvgIpc) is 0.764. The Hall–Kier alpha value is -12.9. The monoisotopic (exact) mass is 1860 g/mol. The Morgan fingerprint density at radius 3 is 1.81 bits per heavy atom. The van der Waals surface area contributed by atoms with E-state index in [2.05, 4.69) is 77.0 Å². The number of fused-ring (bicyclic) bond motifs is 7. The zero-order valence-electron chi connectivity index (χ0n) is 75.1. The number of nitrogens with zero attached hydrogens (tertiary/aromatic N) is 8. The van der Waals surface area contributed by atoms with Gasteiger partial charge in [0.1, 0.15) is 79.3 Å². The molecule has 2 saturated heterocycles. The number of hydrogen-bond acceptors (Lipinski definition) is 25. The van der Waals surface area contributed by atoms with Gasteiger partial charge in [-0.25, -0.2) is 30.6 Å². The van der Waals surface area contributed by atoms with Gasteiger partial charge in [-0.3, -0.25) is 28.3 Å². The van der Waals surface area contributed by atoms with E-state index in [1.807, 2.05) is 184 Å². The third-order valence-electron chi connectivity index (χ3n) is 23.8. The van der Waals surface area contributed by atoms with Crippen molar-refractivity contribution in [2.45, 2.75) is 145 Å². The van der Waals surface area contributed by atoms with Gasteiger partial charge in [0.05, 0.1) is 52.4 Å². The molecule has 2 aromatic heterocycles. The van der Waals surface area contributed by atoms with Crippen molar-refractivity contribution in [3.05, 3.63) is 296 Å². The van der Waals surface area contributed by atoms with E-state index in [9.17, 15) is 43.7 Å². The number of hydrogen-bond donors (Lipinski definition) is 7. The fraction of sp³-hybridized carbons (Fsp3) is 0.357. The standard InChI is InChI=1S/C98H106N14O20P2/c1-62(2)112(63(3)4)133(126-52-21-47-99)131-81-54-88(110-51-46-85(105-95(110)117)104-86(113)32-20-50-109(6)97(119)124-58-80-77-30-18-14-26-73(77)74-27-15-19-31-78(74)80)130-84(81)60-128-134(120,127-53-49-100-5)132-82-55-89(129-83(82)59-125-98(66-22-10-9-11-23-66,67-37-41-69(121-7)42-38-67)68-39-43-70(122-8)44-40-68)111-61-103-90-91(111)107-94(108-93(90)116)106-87(114)45-48-101-92(115)65-35-33-64(34-36-65)56-102-96(118)123-57-79-75-28-16-12-24-71(75)72-25-13-17-29-76(72)79/h9-19,22-31,33-44,46,51,61-63,79-84,88-89,94,120H,20-21,32,45,48-50,52-60H2,1-4,6-8H3,(H5-,101,102,104,105,106,107,108,113,114,115,116,117,118)/p+1/t81-,82-,83+,84+,88+,89+,94?,133?,134?/m0/s1. The zero-order valence-corrected chi connectivity index (χ0v) is 76.9. The molecule has 34 nitrogen and oxygen atoms in total. The number of amides is 6. The summed E-state index contributed by atoms with van der Waals surface area (Å²) in [5.41, 5.74) is 9.49. The van der Waals surface area contributed by atoms with Crippen molar-refractivity contribution in [1.82, 2.24) is 49.9 Å². The molecule has 6 amide bonds.